The van der Waals surface area contributed by atoms with E-state index in [4.69, 9.17) is 10.9 Å². The molecular formula is C10H23N3O. The van der Waals surface area contributed by atoms with Crippen molar-refractivity contribution in [3.63, 3.8) is 0 Å². The molecule has 2 atom stereocenters. The van der Waals surface area contributed by atoms with Gasteiger partial charge >= 0.3 is 0 Å². The molecule has 2 unspecified atom stereocenters. The van der Waals surface area contributed by atoms with Gasteiger partial charge in [-0.15, -0.1) is 0 Å². The van der Waals surface area contributed by atoms with Crippen LogP contribution >= 0.6 is 0 Å². The van der Waals surface area contributed by atoms with Crippen molar-refractivity contribution in [1.29, 1.82) is 0 Å². The van der Waals surface area contributed by atoms with Gasteiger partial charge < -0.3 is 16.3 Å². The molecule has 0 amide bonds. The molecule has 0 bridgehead atoms. The van der Waals surface area contributed by atoms with E-state index < -0.39 is 0 Å². The molecule has 0 saturated heterocycles. The van der Waals surface area contributed by atoms with E-state index >= 15 is 0 Å². The van der Waals surface area contributed by atoms with Crippen LogP contribution < -0.4 is 11.1 Å². The number of nitrogens with zero attached hydrogens (tertiary/aromatic N) is 1. The number of rotatable bonds is 4. The summed E-state index contributed by atoms with van der Waals surface area (Å²) < 4.78 is 0. The second-order valence-electron chi connectivity index (χ2n) is 4.74. The van der Waals surface area contributed by atoms with Gasteiger partial charge in [0, 0.05) is 6.04 Å². The van der Waals surface area contributed by atoms with E-state index in [1.165, 1.54) is 0 Å². The summed E-state index contributed by atoms with van der Waals surface area (Å²) in [5.41, 5.74) is 5.73. The van der Waals surface area contributed by atoms with Crippen LogP contribution in [0.15, 0.2) is 5.16 Å². The average molecular weight is 201 g/mol. The number of hydrogen-bond acceptors (Lipinski definition) is 3. The van der Waals surface area contributed by atoms with Crippen LogP contribution in [-0.4, -0.2) is 23.1 Å². The first-order valence-electron chi connectivity index (χ1n) is 5.06. The Hall–Kier alpha value is -0.770. The van der Waals surface area contributed by atoms with Crippen molar-refractivity contribution >= 4 is 5.84 Å². The summed E-state index contributed by atoms with van der Waals surface area (Å²) in [7, 11) is 0. The number of hydrogen-bond donors (Lipinski definition) is 3. The lowest BCUT2D eigenvalue weighted by molar-refractivity contribution is 0.270. The van der Waals surface area contributed by atoms with Gasteiger partial charge in [-0.25, -0.2) is 0 Å². The molecule has 0 heterocycles. The van der Waals surface area contributed by atoms with Gasteiger partial charge in [0.1, 0.15) is 0 Å². The Labute approximate surface area is 86.6 Å². The standard InChI is InChI=1S/C10H23N3O/c1-6-8(9(11)13-14)12-7(2)10(3,4)5/h7-8,12,14H,6H2,1-5H3,(H2,11,13). The van der Waals surface area contributed by atoms with Crippen LogP contribution in [0.3, 0.4) is 0 Å². The molecular weight excluding hydrogens is 178 g/mol. The van der Waals surface area contributed by atoms with Gasteiger partial charge in [0.15, 0.2) is 5.84 Å². The van der Waals surface area contributed by atoms with Crippen molar-refractivity contribution in [2.24, 2.45) is 16.3 Å². The van der Waals surface area contributed by atoms with Crippen molar-refractivity contribution in [3.05, 3.63) is 0 Å². The van der Waals surface area contributed by atoms with Gasteiger partial charge in [-0.2, -0.15) is 0 Å². The van der Waals surface area contributed by atoms with Gasteiger partial charge in [0.25, 0.3) is 0 Å². The van der Waals surface area contributed by atoms with Crippen LogP contribution in [0, 0.1) is 5.41 Å². The summed E-state index contributed by atoms with van der Waals surface area (Å²) in [4.78, 5) is 0. The Morgan fingerprint density at radius 2 is 2.00 bits per heavy atom. The third-order valence-corrected chi connectivity index (χ3v) is 2.63. The lowest BCUT2D eigenvalue weighted by Gasteiger charge is -2.31. The second-order valence-corrected chi connectivity index (χ2v) is 4.74. The second kappa shape index (κ2) is 5.20. The predicted octanol–water partition coefficient (Wildman–Crippen LogP) is 1.54. The maximum Gasteiger partial charge on any atom is 0.156 e. The molecule has 0 aromatic heterocycles. The minimum absolute atomic E-state index is 0.0470. The average Bonchev–Trinajstić information content (AvgIpc) is 2.10. The van der Waals surface area contributed by atoms with Gasteiger partial charge in [-0.05, 0) is 18.8 Å². The van der Waals surface area contributed by atoms with Crippen molar-refractivity contribution in [2.75, 3.05) is 0 Å². The first-order chi connectivity index (χ1) is 6.32. The minimum Gasteiger partial charge on any atom is -0.409 e. The third-order valence-electron chi connectivity index (χ3n) is 2.63. The monoisotopic (exact) mass is 201 g/mol. The molecule has 0 aromatic rings. The predicted molar refractivity (Wildman–Crippen MR) is 59.5 cm³/mol. The molecule has 0 saturated carbocycles. The first-order valence-corrected chi connectivity index (χ1v) is 5.06. The number of nitrogens with one attached hydrogen (secondary N) is 1. The zero-order valence-corrected chi connectivity index (χ0v) is 9.83. The Morgan fingerprint density at radius 3 is 2.29 bits per heavy atom. The molecule has 4 N–H and O–H groups in total. The SMILES string of the molecule is CCC(NC(C)C(C)(C)C)C(N)=NO. The molecule has 4 nitrogen and oxygen atoms in total. The van der Waals surface area contributed by atoms with Gasteiger partial charge in [-0.1, -0.05) is 32.9 Å². The Balaban J connectivity index is 4.34. The van der Waals surface area contributed by atoms with Crippen molar-refractivity contribution in [3.8, 4) is 0 Å². The van der Waals surface area contributed by atoms with Crippen LogP contribution in [0.1, 0.15) is 41.0 Å². The van der Waals surface area contributed by atoms with Crippen LogP contribution in [0.4, 0.5) is 0 Å². The van der Waals surface area contributed by atoms with E-state index in [-0.39, 0.29) is 17.3 Å². The lowest BCUT2D eigenvalue weighted by atomic mass is 9.87. The molecule has 14 heavy (non-hydrogen) atoms. The summed E-state index contributed by atoms with van der Waals surface area (Å²) in [6.07, 6.45) is 0.816. The number of oxime groups is 1. The molecule has 4 heteroatoms. The number of nitrogens with two attached hydrogens (primary N) is 1. The van der Waals surface area contributed by atoms with Gasteiger partial charge in [-0.3, -0.25) is 0 Å². The summed E-state index contributed by atoms with van der Waals surface area (Å²) in [6, 6.07) is 0.266. The molecule has 0 aliphatic carbocycles. The third kappa shape index (κ3) is 3.96. The lowest BCUT2D eigenvalue weighted by Crippen LogP contribution is -2.49. The highest BCUT2D eigenvalue weighted by molar-refractivity contribution is 5.85. The highest BCUT2D eigenvalue weighted by atomic mass is 16.4. The quantitative estimate of drug-likeness (QED) is 0.279. The summed E-state index contributed by atoms with van der Waals surface area (Å²) in [5, 5.41) is 14.9. The van der Waals surface area contributed by atoms with E-state index in [0.29, 0.717) is 6.04 Å². The molecule has 0 aliphatic rings. The van der Waals surface area contributed by atoms with Gasteiger partial charge in [0.2, 0.25) is 0 Å². The van der Waals surface area contributed by atoms with Crippen molar-refractivity contribution in [2.45, 2.75) is 53.1 Å². The normalized spacial score (nSPS) is 17.9. The maximum absolute atomic E-state index is 8.57. The molecule has 84 valence electrons. The minimum atomic E-state index is -0.0470. The smallest absolute Gasteiger partial charge is 0.156 e. The fraction of sp³-hybridized carbons (Fsp3) is 0.900. The Bertz CT molecular complexity index is 196. The van der Waals surface area contributed by atoms with Crippen LogP contribution in [-0.2, 0) is 0 Å². The first kappa shape index (κ1) is 13.2. The van der Waals surface area contributed by atoms with E-state index in [1.54, 1.807) is 0 Å². The van der Waals surface area contributed by atoms with E-state index in [1.807, 2.05) is 6.92 Å². The van der Waals surface area contributed by atoms with Crippen LogP contribution in [0.2, 0.25) is 0 Å². The molecule has 0 spiro atoms. The number of amidine groups is 1. The maximum atomic E-state index is 8.57. The Kier molecular flexibility index (Phi) is 4.91. The fourth-order valence-corrected chi connectivity index (χ4v) is 1.03. The summed E-state index contributed by atoms with van der Waals surface area (Å²) in [6.45, 7) is 10.6. The summed E-state index contributed by atoms with van der Waals surface area (Å²) >= 11 is 0. The van der Waals surface area contributed by atoms with E-state index in [2.05, 4.69) is 38.2 Å². The molecule has 0 aliphatic heterocycles. The largest absolute Gasteiger partial charge is 0.409 e. The Morgan fingerprint density at radius 1 is 1.50 bits per heavy atom. The molecule has 0 radical (unpaired) electrons. The molecule has 0 rings (SSSR count). The fourth-order valence-electron chi connectivity index (χ4n) is 1.03. The zero-order chi connectivity index (χ0) is 11.4. The van der Waals surface area contributed by atoms with Crippen molar-refractivity contribution in [1.82, 2.24) is 5.32 Å². The van der Waals surface area contributed by atoms with Crippen LogP contribution in [0.25, 0.3) is 0 Å². The van der Waals surface area contributed by atoms with E-state index in [0.717, 1.165) is 6.42 Å². The molecule has 0 fully saturated rings. The highest BCUT2D eigenvalue weighted by Crippen LogP contribution is 2.19. The topological polar surface area (TPSA) is 70.6 Å². The van der Waals surface area contributed by atoms with Gasteiger partial charge in [0.05, 0.1) is 6.04 Å². The van der Waals surface area contributed by atoms with Crippen LogP contribution in [0.5, 0.6) is 0 Å². The van der Waals surface area contributed by atoms with Crippen molar-refractivity contribution < 1.29 is 5.21 Å². The summed E-state index contributed by atoms with van der Waals surface area (Å²) in [5.74, 6) is 0.253. The van der Waals surface area contributed by atoms with E-state index in [9.17, 15) is 0 Å². The highest BCUT2D eigenvalue weighted by Gasteiger charge is 2.23. The zero-order valence-electron chi connectivity index (χ0n) is 9.83. The molecule has 0 aromatic carbocycles.